The quantitative estimate of drug-likeness (QED) is 0.181. The van der Waals surface area contributed by atoms with Crippen molar-refractivity contribution in [1.29, 1.82) is 0 Å². The number of anilines is 4. The lowest BCUT2D eigenvalue weighted by atomic mass is 10.1. The number of hydrogen-bond acceptors (Lipinski definition) is 9. The summed E-state index contributed by atoms with van der Waals surface area (Å²) in [5, 5.41) is 6.88. The van der Waals surface area contributed by atoms with Crippen molar-refractivity contribution in [1.82, 2.24) is 14.5 Å². The fraction of sp³-hybridized carbons (Fsp3) is 0.276. The van der Waals surface area contributed by atoms with Gasteiger partial charge in [-0.05, 0) is 42.3 Å². The molecule has 12 nitrogen and oxygen atoms in total. The molecule has 0 spiro atoms. The lowest BCUT2D eigenvalue weighted by Crippen LogP contribution is -2.24. The fourth-order valence-electron chi connectivity index (χ4n) is 5.15. The monoisotopic (exact) mass is 592 g/mol. The Morgan fingerprint density at radius 1 is 1.21 bits per heavy atom. The van der Waals surface area contributed by atoms with Gasteiger partial charge in [0.1, 0.15) is 11.5 Å². The van der Waals surface area contributed by atoms with Crippen LogP contribution in [0.25, 0.3) is 22.2 Å². The average molecular weight is 593 g/mol. The van der Waals surface area contributed by atoms with Gasteiger partial charge in [-0.25, -0.2) is 9.97 Å². The molecular weight excluding hydrogens is 560 g/mol. The second kappa shape index (κ2) is 11.8. The van der Waals surface area contributed by atoms with Gasteiger partial charge in [-0.1, -0.05) is 12.6 Å². The zero-order chi connectivity index (χ0) is 30.0. The molecule has 1 amide bonds. The molecule has 3 heterocycles. The smallest absolute Gasteiger partial charge is 0.269 e. The number of aromatic nitrogens is 3. The van der Waals surface area contributed by atoms with Gasteiger partial charge in [0, 0.05) is 62.2 Å². The van der Waals surface area contributed by atoms with E-state index in [2.05, 4.69) is 27.1 Å². The van der Waals surface area contributed by atoms with Crippen molar-refractivity contribution in [2.45, 2.75) is 18.3 Å². The number of carbonyl (C=O) groups is 1. The SMILES string of the molecule is C=CC(=O)Nc1cc(Nc2nccc(-c3cn(C)c4ccc(CS(=O)(=O)O)cc34)n2)c(OC)cc1N1CCC(OC)C1. The molecule has 1 fully saturated rings. The van der Waals surface area contributed by atoms with Crippen LogP contribution in [0, 0.1) is 0 Å². The molecule has 2 aromatic heterocycles. The summed E-state index contributed by atoms with van der Waals surface area (Å²) in [7, 11) is 0.948. The van der Waals surface area contributed by atoms with Gasteiger partial charge in [-0.2, -0.15) is 8.42 Å². The third-order valence-electron chi connectivity index (χ3n) is 7.16. The van der Waals surface area contributed by atoms with E-state index in [-0.39, 0.29) is 18.0 Å². The van der Waals surface area contributed by atoms with Crippen LogP contribution in [-0.2, 0) is 32.5 Å². The van der Waals surface area contributed by atoms with E-state index in [1.54, 1.807) is 50.7 Å². The van der Waals surface area contributed by atoms with Crippen LogP contribution < -0.4 is 20.3 Å². The molecule has 1 aliphatic rings. The Bertz CT molecular complexity index is 1770. The van der Waals surface area contributed by atoms with Gasteiger partial charge >= 0.3 is 0 Å². The van der Waals surface area contributed by atoms with Crippen LogP contribution in [0.5, 0.6) is 5.75 Å². The molecule has 4 aromatic rings. The third-order valence-corrected chi connectivity index (χ3v) is 7.86. The molecule has 0 bridgehead atoms. The molecule has 1 atom stereocenters. The van der Waals surface area contributed by atoms with Crippen LogP contribution in [0.3, 0.4) is 0 Å². The zero-order valence-corrected chi connectivity index (χ0v) is 24.3. The van der Waals surface area contributed by atoms with Crippen LogP contribution in [0.1, 0.15) is 12.0 Å². The minimum absolute atomic E-state index is 0.0890. The van der Waals surface area contributed by atoms with Crippen LogP contribution in [0.15, 0.2) is 61.4 Å². The van der Waals surface area contributed by atoms with Crippen molar-refractivity contribution in [3.63, 3.8) is 0 Å². The number of fused-ring (bicyclic) bond motifs is 1. The molecule has 0 radical (unpaired) electrons. The number of aryl methyl sites for hydroxylation is 1. The van der Waals surface area contributed by atoms with Crippen LogP contribution in [0.4, 0.5) is 23.0 Å². The molecule has 13 heteroatoms. The molecule has 1 unspecified atom stereocenters. The van der Waals surface area contributed by atoms with E-state index in [4.69, 9.17) is 14.5 Å². The maximum absolute atomic E-state index is 12.3. The number of ether oxygens (including phenoxy) is 2. The van der Waals surface area contributed by atoms with Gasteiger partial charge in [-0.3, -0.25) is 9.35 Å². The third kappa shape index (κ3) is 6.22. The Kier molecular flexibility index (Phi) is 8.16. The first kappa shape index (κ1) is 29.0. The number of nitrogens with one attached hydrogen (secondary N) is 2. The number of nitrogens with zero attached hydrogens (tertiary/aromatic N) is 4. The first-order chi connectivity index (χ1) is 20.1. The molecule has 5 rings (SSSR count). The van der Waals surface area contributed by atoms with E-state index in [0.717, 1.165) is 35.1 Å². The number of rotatable bonds is 10. The molecule has 1 saturated heterocycles. The summed E-state index contributed by atoms with van der Waals surface area (Å²) in [4.78, 5) is 23.5. The summed E-state index contributed by atoms with van der Waals surface area (Å²) in [6.07, 6.45) is 5.67. The lowest BCUT2D eigenvalue weighted by molar-refractivity contribution is -0.111. The Morgan fingerprint density at radius 2 is 2.02 bits per heavy atom. The molecule has 220 valence electrons. The van der Waals surface area contributed by atoms with Crippen molar-refractivity contribution in [3.8, 4) is 17.0 Å². The van der Waals surface area contributed by atoms with E-state index in [1.807, 2.05) is 23.9 Å². The molecule has 1 aliphatic heterocycles. The second-order valence-corrected chi connectivity index (χ2v) is 11.4. The van der Waals surface area contributed by atoms with Gasteiger partial charge in [0.25, 0.3) is 10.1 Å². The number of hydrogen-bond donors (Lipinski definition) is 3. The van der Waals surface area contributed by atoms with E-state index in [0.29, 0.717) is 34.9 Å². The van der Waals surface area contributed by atoms with Gasteiger partial charge in [0.15, 0.2) is 0 Å². The maximum atomic E-state index is 12.3. The largest absolute Gasteiger partial charge is 0.494 e. The van der Waals surface area contributed by atoms with Crippen LogP contribution in [0.2, 0.25) is 0 Å². The standard InChI is InChI=1S/C29H32N6O6S/c1-5-28(36)31-23-13-24(27(41-4)14-26(23)35-11-9-19(15-35)40-3)33-29-30-10-8-22(32-29)21-16-34(2)25-7-6-18(12-20(21)25)17-42(37,38)39/h5-8,10,12-14,16,19H,1,9,11,15,17H2,2-4H3,(H,31,36)(H,30,32,33)(H,37,38,39). The summed E-state index contributed by atoms with van der Waals surface area (Å²) in [6, 6.07) is 10.6. The number of carbonyl (C=O) groups excluding carboxylic acids is 1. The Labute approximate surface area is 243 Å². The van der Waals surface area contributed by atoms with Gasteiger partial charge in [-0.15, -0.1) is 0 Å². The Hall–Kier alpha value is -4.46. The predicted octanol–water partition coefficient (Wildman–Crippen LogP) is 4.12. The molecule has 2 aromatic carbocycles. The number of benzene rings is 2. The van der Waals surface area contributed by atoms with Gasteiger partial charge in [0.2, 0.25) is 11.9 Å². The summed E-state index contributed by atoms with van der Waals surface area (Å²) in [6.45, 7) is 5.00. The van der Waals surface area contributed by atoms with Crippen molar-refractivity contribution < 1.29 is 27.2 Å². The van der Waals surface area contributed by atoms with Crippen LogP contribution in [-0.4, -0.2) is 66.8 Å². The fourth-order valence-corrected chi connectivity index (χ4v) is 5.75. The predicted molar refractivity (Wildman–Crippen MR) is 162 cm³/mol. The normalized spacial score (nSPS) is 15.1. The number of amides is 1. The highest BCUT2D eigenvalue weighted by Crippen LogP contribution is 2.40. The van der Waals surface area contributed by atoms with E-state index in [9.17, 15) is 17.8 Å². The van der Waals surface area contributed by atoms with Crippen LogP contribution >= 0.6 is 0 Å². The summed E-state index contributed by atoms with van der Waals surface area (Å²) >= 11 is 0. The highest BCUT2D eigenvalue weighted by molar-refractivity contribution is 7.85. The van der Waals surface area contributed by atoms with Crippen molar-refractivity contribution in [2.24, 2.45) is 7.05 Å². The first-order valence-electron chi connectivity index (χ1n) is 13.1. The molecule has 0 saturated carbocycles. The van der Waals surface area contributed by atoms with Gasteiger partial charge < -0.3 is 29.6 Å². The van der Waals surface area contributed by atoms with E-state index < -0.39 is 15.9 Å². The van der Waals surface area contributed by atoms with E-state index in [1.165, 1.54) is 6.08 Å². The van der Waals surface area contributed by atoms with Crippen molar-refractivity contribution in [3.05, 3.63) is 67.0 Å². The first-order valence-corrected chi connectivity index (χ1v) is 14.8. The summed E-state index contributed by atoms with van der Waals surface area (Å²) < 4.78 is 45.4. The Morgan fingerprint density at radius 3 is 2.71 bits per heavy atom. The molecule has 3 N–H and O–H groups in total. The topological polar surface area (TPSA) is 148 Å². The molecule has 0 aliphatic carbocycles. The highest BCUT2D eigenvalue weighted by atomic mass is 32.2. The second-order valence-electron chi connectivity index (χ2n) is 9.98. The summed E-state index contributed by atoms with van der Waals surface area (Å²) in [5.41, 5.74) is 4.58. The summed E-state index contributed by atoms with van der Waals surface area (Å²) in [5.74, 6) is -0.0297. The molecule has 42 heavy (non-hydrogen) atoms. The number of methoxy groups -OCH3 is 2. The highest BCUT2D eigenvalue weighted by Gasteiger charge is 2.26. The van der Waals surface area contributed by atoms with E-state index >= 15 is 0 Å². The lowest BCUT2D eigenvalue weighted by Gasteiger charge is -2.24. The minimum Gasteiger partial charge on any atom is -0.494 e. The zero-order valence-electron chi connectivity index (χ0n) is 23.5. The average Bonchev–Trinajstić information content (AvgIpc) is 3.57. The van der Waals surface area contributed by atoms with Gasteiger partial charge in [0.05, 0.1) is 36.0 Å². The van der Waals surface area contributed by atoms with Crippen molar-refractivity contribution >= 4 is 49.9 Å². The molecular formula is C29H32N6O6S. The maximum Gasteiger partial charge on any atom is 0.269 e. The van der Waals surface area contributed by atoms with Crippen molar-refractivity contribution in [2.75, 3.05) is 42.8 Å². The minimum atomic E-state index is -4.19. The Balaban J connectivity index is 1.51.